The third-order valence-electron chi connectivity index (χ3n) is 4.26. The van der Waals surface area contributed by atoms with Crippen LogP contribution in [0, 0.1) is 18.6 Å². The molecule has 0 spiro atoms. The summed E-state index contributed by atoms with van der Waals surface area (Å²) in [6, 6.07) is 12.9. The van der Waals surface area contributed by atoms with Crippen LogP contribution >= 0.6 is 11.8 Å². The Labute approximate surface area is 152 Å². The quantitative estimate of drug-likeness (QED) is 0.544. The molecule has 4 rings (SSSR count). The zero-order chi connectivity index (χ0) is 18.3. The summed E-state index contributed by atoms with van der Waals surface area (Å²) >= 11 is 1.25. The van der Waals surface area contributed by atoms with Crippen LogP contribution in [0.1, 0.15) is 17.2 Å². The molecule has 0 unspecified atom stereocenters. The van der Waals surface area contributed by atoms with Crippen LogP contribution < -0.4 is 0 Å². The largest absolute Gasteiger partial charge is 0.387 e. The number of nitrogens with zero attached hydrogens (tertiary/aromatic N) is 3. The first-order valence-corrected chi connectivity index (χ1v) is 9.02. The van der Waals surface area contributed by atoms with Crippen molar-refractivity contribution in [3.8, 4) is 0 Å². The molecule has 2 aromatic heterocycles. The maximum atomic E-state index is 13.8. The molecule has 7 heteroatoms. The van der Waals surface area contributed by atoms with Crippen molar-refractivity contribution in [2.45, 2.75) is 18.2 Å². The molecular weight excluding hydrogens is 356 g/mol. The molecule has 0 amide bonds. The lowest BCUT2D eigenvalue weighted by molar-refractivity contribution is 0.198. The smallest absolute Gasteiger partial charge is 0.196 e. The van der Waals surface area contributed by atoms with Gasteiger partial charge < -0.3 is 5.11 Å². The highest BCUT2D eigenvalue weighted by Crippen LogP contribution is 2.29. The molecule has 26 heavy (non-hydrogen) atoms. The molecule has 2 heterocycles. The summed E-state index contributed by atoms with van der Waals surface area (Å²) in [4.78, 5) is 0. The molecule has 0 saturated heterocycles. The van der Waals surface area contributed by atoms with Gasteiger partial charge in [-0.2, -0.15) is 0 Å². The number of hydrogen-bond donors (Lipinski definition) is 1. The van der Waals surface area contributed by atoms with Gasteiger partial charge in [0.1, 0.15) is 11.6 Å². The summed E-state index contributed by atoms with van der Waals surface area (Å²) in [5.41, 5.74) is 2.70. The normalized spacial score (nSPS) is 12.8. The van der Waals surface area contributed by atoms with Crippen LogP contribution in [0.4, 0.5) is 8.78 Å². The lowest BCUT2D eigenvalue weighted by Crippen LogP contribution is -2.05. The van der Waals surface area contributed by atoms with E-state index in [0.29, 0.717) is 10.8 Å². The lowest BCUT2D eigenvalue weighted by Gasteiger charge is -2.12. The predicted molar refractivity (Wildman–Crippen MR) is 97.3 cm³/mol. The first-order chi connectivity index (χ1) is 12.5. The van der Waals surface area contributed by atoms with Gasteiger partial charge >= 0.3 is 0 Å². The number of aliphatic hydroxyl groups is 1. The van der Waals surface area contributed by atoms with Crippen molar-refractivity contribution < 1.29 is 13.9 Å². The predicted octanol–water partition coefficient (Wildman–Crippen LogP) is 4.29. The number of aromatic nitrogens is 3. The van der Waals surface area contributed by atoms with Crippen molar-refractivity contribution in [1.29, 1.82) is 0 Å². The van der Waals surface area contributed by atoms with Gasteiger partial charge in [-0.25, -0.2) is 8.78 Å². The lowest BCUT2D eigenvalue weighted by atomic mass is 10.1. The molecule has 4 aromatic rings. The fourth-order valence-corrected chi connectivity index (χ4v) is 3.89. The van der Waals surface area contributed by atoms with Crippen molar-refractivity contribution in [2.75, 3.05) is 5.75 Å². The number of rotatable bonds is 4. The molecule has 0 aliphatic heterocycles. The minimum absolute atomic E-state index is 0.0629. The standard InChI is InChI=1S/C19H15F2N3OS/c1-11-8-18-22-23-19(24(18)16-5-3-2-4-13(11)16)26-10-17(25)14-9-12(20)6-7-15(14)21/h2-9,17,25H,10H2,1H3/t17-/m0/s1. The molecule has 0 aliphatic rings. The van der Waals surface area contributed by atoms with Gasteiger partial charge in [-0.15, -0.1) is 10.2 Å². The third-order valence-corrected chi connectivity index (χ3v) is 5.27. The summed E-state index contributed by atoms with van der Waals surface area (Å²) < 4.78 is 29.1. The Morgan fingerprint density at radius 2 is 1.92 bits per heavy atom. The molecule has 1 N–H and O–H groups in total. The second-order valence-corrected chi connectivity index (χ2v) is 7.00. The molecule has 0 aliphatic carbocycles. The zero-order valence-electron chi connectivity index (χ0n) is 13.9. The number of aliphatic hydroxyl groups excluding tert-OH is 1. The van der Waals surface area contributed by atoms with Crippen LogP contribution in [0.5, 0.6) is 0 Å². The molecule has 4 nitrogen and oxygen atoms in total. The zero-order valence-corrected chi connectivity index (χ0v) is 14.7. The molecule has 0 bridgehead atoms. The van der Waals surface area contributed by atoms with E-state index in [9.17, 15) is 13.9 Å². The molecular formula is C19H15F2N3OS. The minimum Gasteiger partial charge on any atom is -0.387 e. The van der Waals surface area contributed by atoms with E-state index in [1.807, 2.05) is 41.7 Å². The van der Waals surface area contributed by atoms with Crippen molar-refractivity contribution in [3.05, 3.63) is 71.3 Å². The average molecular weight is 371 g/mol. The number of thioether (sulfide) groups is 1. The Kier molecular flexibility index (Phi) is 4.34. The van der Waals surface area contributed by atoms with Gasteiger partial charge in [0.05, 0.1) is 11.6 Å². The fourth-order valence-electron chi connectivity index (χ4n) is 2.98. The first-order valence-electron chi connectivity index (χ1n) is 8.04. The number of aryl methyl sites for hydroxylation is 1. The number of fused-ring (bicyclic) bond motifs is 3. The number of para-hydroxylation sites is 1. The summed E-state index contributed by atoms with van der Waals surface area (Å²) in [6.07, 6.45) is -1.15. The van der Waals surface area contributed by atoms with Gasteiger partial charge in [-0.05, 0) is 42.8 Å². The highest BCUT2D eigenvalue weighted by atomic mass is 32.2. The van der Waals surface area contributed by atoms with Gasteiger partial charge in [0.25, 0.3) is 0 Å². The van der Waals surface area contributed by atoms with Gasteiger partial charge in [0.15, 0.2) is 10.8 Å². The number of pyridine rings is 1. The van der Waals surface area contributed by atoms with Gasteiger partial charge in [0.2, 0.25) is 0 Å². The van der Waals surface area contributed by atoms with E-state index in [4.69, 9.17) is 0 Å². The summed E-state index contributed by atoms with van der Waals surface area (Å²) in [5, 5.41) is 20.3. The Balaban J connectivity index is 1.68. The van der Waals surface area contributed by atoms with Gasteiger partial charge in [0, 0.05) is 16.7 Å². The Morgan fingerprint density at radius 3 is 2.77 bits per heavy atom. The molecule has 132 valence electrons. The fraction of sp³-hybridized carbons (Fsp3) is 0.158. The van der Waals surface area contributed by atoms with Crippen LogP contribution in [-0.4, -0.2) is 25.5 Å². The van der Waals surface area contributed by atoms with E-state index in [-0.39, 0.29) is 11.3 Å². The van der Waals surface area contributed by atoms with Crippen LogP contribution in [-0.2, 0) is 0 Å². The highest BCUT2D eigenvalue weighted by molar-refractivity contribution is 7.99. The second kappa shape index (κ2) is 6.66. The maximum absolute atomic E-state index is 13.8. The molecule has 0 fully saturated rings. The number of hydrogen-bond acceptors (Lipinski definition) is 4. The van der Waals surface area contributed by atoms with Crippen LogP contribution in [0.2, 0.25) is 0 Å². The number of benzene rings is 2. The second-order valence-electron chi connectivity index (χ2n) is 6.01. The Morgan fingerprint density at radius 1 is 1.12 bits per heavy atom. The molecule has 2 aromatic carbocycles. The SMILES string of the molecule is Cc1cc2nnc(SC[C@H](O)c3cc(F)ccc3F)n2c2ccccc12. The topological polar surface area (TPSA) is 50.4 Å². The summed E-state index contributed by atoms with van der Waals surface area (Å²) in [5.74, 6) is -1.09. The average Bonchev–Trinajstić information content (AvgIpc) is 3.05. The molecule has 1 atom stereocenters. The third kappa shape index (κ3) is 2.93. The van der Waals surface area contributed by atoms with E-state index in [1.165, 1.54) is 11.8 Å². The van der Waals surface area contributed by atoms with Gasteiger partial charge in [-0.1, -0.05) is 30.0 Å². The van der Waals surface area contributed by atoms with Crippen molar-refractivity contribution in [3.63, 3.8) is 0 Å². The summed E-state index contributed by atoms with van der Waals surface area (Å²) in [6.45, 7) is 2.01. The van der Waals surface area contributed by atoms with Crippen molar-refractivity contribution >= 4 is 28.3 Å². The minimum atomic E-state index is -1.15. The van der Waals surface area contributed by atoms with E-state index in [2.05, 4.69) is 10.2 Å². The first kappa shape index (κ1) is 16.9. The van der Waals surface area contributed by atoms with Crippen molar-refractivity contribution in [2.24, 2.45) is 0 Å². The Hall–Kier alpha value is -2.51. The maximum Gasteiger partial charge on any atom is 0.196 e. The molecule has 0 radical (unpaired) electrons. The van der Waals surface area contributed by atoms with Crippen LogP contribution in [0.25, 0.3) is 16.6 Å². The van der Waals surface area contributed by atoms with Gasteiger partial charge in [-0.3, -0.25) is 4.40 Å². The molecule has 0 saturated carbocycles. The van der Waals surface area contributed by atoms with E-state index in [1.54, 1.807) is 0 Å². The Bertz CT molecular complexity index is 1110. The highest BCUT2D eigenvalue weighted by Gasteiger charge is 2.17. The van der Waals surface area contributed by atoms with E-state index < -0.39 is 17.7 Å². The van der Waals surface area contributed by atoms with Crippen LogP contribution in [0.3, 0.4) is 0 Å². The van der Waals surface area contributed by atoms with E-state index in [0.717, 1.165) is 34.7 Å². The van der Waals surface area contributed by atoms with Crippen molar-refractivity contribution in [1.82, 2.24) is 14.6 Å². The summed E-state index contributed by atoms with van der Waals surface area (Å²) in [7, 11) is 0. The number of halogens is 2. The monoisotopic (exact) mass is 371 g/mol. The van der Waals surface area contributed by atoms with E-state index >= 15 is 0 Å². The van der Waals surface area contributed by atoms with Crippen LogP contribution in [0.15, 0.2) is 53.7 Å².